The molecule has 0 unspecified atom stereocenters. The summed E-state index contributed by atoms with van der Waals surface area (Å²) in [6.07, 6.45) is 1.37. The van der Waals surface area contributed by atoms with E-state index in [4.69, 9.17) is 21.3 Å². The van der Waals surface area contributed by atoms with Gasteiger partial charge in [-0.25, -0.2) is 14.8 Å². The van der Waals surface area contributed by atoms with Crippen LogP contribution in [0.15, 0.2) is 29.1 Å². The second-order valence-electron chi connectivity index (χ2n) is 8.13. The molecule has 0 amide bonds. The van der Waals surface area contributed by atoms with Gasteiger partial charge in [-0.1, -0.05) is 17.7 Å². The van der Waals surface area contributed by atoms with Gasteiger partial charge >= 0.3 is 5.97 Å². The lowest BCUT2D eigenvalue weighted by molar-refractivity contribution is 0.0595. The number of nitriles is 1. The Morgan fingerprint density at radius 2 is 2.06 bits per heavy atom. The molecule has 1 atom stereocenters. The quantitative estimate of drug-likeness (QED) is 0.464. The molecule has 1 aromatic carbocycles. The summed E-state index contributed by atoms with van der Waals surface area (Å²) < 4.78 is 6.31. The fourth-order valence-electron chi connectivity index (χ4n) is 3.94. The van der Waals surface area contributed by atoms with Crippen molar-refractivity contribution in [1.82, 2.24) is 14.5 Å². The topological polar surface area (TPSA) is 110 Å². The summed E-state index contributed by atoms with van der Waals surface area (Å²) in [7, 11) is 2.93. The summed E-state index contributed by atoms with van der Waals surface area (Å²) in [5.74, 6) is -0.131. The highest BCUT2D eigenvalue weighted by Crippen LogP contribution is 2.46. The average Bonchev–Trinajstić information content (AvgIpc) is 3.57. The van der Waals surface area contributed by atoms with Crippen molar-refractivity contribution >= 4 is 34.2 Å². The summed E-state index contributed by atoms with van der Waals surface area (Å²) >= 11 is 5.96. The Labute approximate surface area is 189 Å². The number of aromatic nitrogens is 3. The second-order valence-corrected chi connectivity index (χ2v) is 8.52. The zero-order chi connectivity index (χ0) is 23.2. The molecule has 1 saturated carbocycles. The fourth-order valence-corrected chi connectivity index (χ4v) is 4.08. The van der Waals surface area contributed by atoms with Gasteiger partial charge in [0.2, 0.25) is 0 Å². The predicted octanol–water partition coefficient (Wildman–Crippen LogP) is 3.81. The highest BCUT2D eigenvalue weighted by molar-refractivity contribution is 6.29. The maximum absolute atomic E-state index is 13.2. The van der Waals surface area contributed by atoms with Crippen molar-refractivity contribution in [3.05, 3.63) is 62.4 Å². The molecule has 1 aliphatic carbocycles. The fraction of sp³-hybridized carbons (Fsp3) is 0.348. The Bertz CT molecular complexity index is 1350. The average molecular weight is 452 g/mol. The first-order chi connectivity index (χ1) is 15.2. The number of methoxy groups -OCH3 is 1. The van der Waals surface area contributed by atoms with E-state index in [1.807, 2.05) is 19.9 Å². The third-order valence-electron chi connectivity index (χ3n) is 5.82. The van der Waals surface area contributed by atoms with Crippen LogP contribution in [0.25, 0.3) is 10.9 Å². The van der Waals surface area contributed by atoms with Crippen molar-refractivity contribution in [1.29, 1.82) is 5.26 Å². The number of esters is 1. The molecule has 0 saturated heterocycles. The van der Waals surface area contributed by atoms with Crippen LogP contribution in [0.2, 0.25) is 5.15 Å². The number of pyridine rings is 1. The second kappa shape index (κ2) is 7.92. The third-order valence-corrected chi connectivity index (χ3v) is 6.04. The number of nitrogens with zero attached hydrogens (tertiary/aromatic N) is 4. The number of benzene rings is 1. The lowest BCUT2D eigenvalue weighted by Crippen LogP contribution is -2.27. The van der Waals surface area contributed by atoms with E-state index >= 15 is 0 Å². The van der Waals surface area contributed by atoms with Gasteiger partial charge in [0.05, 0.1) is 35.8 Å². The first kappa shape index (κ1) is 21.8. The Morgan fingerprint density at radius 1 is 1.34 bits per heavy atom. The van der Waals surface area contributed by atoms with Crippen LogP contribution in [0.3, 0.4) is 0 Å². The minimum atomic E-state index is -0.709. The van der Waals surface area contributed by atoms with Gasteiger partial charge < -0.3 is 10.1 Å². The number of rotatable bonds is 5. The van der Waals surface area contributed by atoms with Gasteiger partial charge in [-0.05, 0) is 50.5 Å². The monoisotopic (exact) mass is 451 g/mol. The number of nitrogens with one attached hydrogen (secondary N) is 1. The minimum Gasteiger partial charge on any atom is -0.464 e. The number of hydrogen-bond donors (Lipinski definition) is 1. The Hall–Kier alpha value is -3.44. The summed E-state index contributed by atoms with van der Waals surface area (Å²) in [5.41, 5.74) is 1.83. The normalized spacial score (nSPS) is 15.1. The van der Waals surface area contributed by atoms with Crippen LogP contribution >= 0.6 is 11.6 Å². The number of ether oxygens (including phenoxy) is 1. The van der Waals surface area contributed by atoms with E-state index in [9.17, 15) is 14.9 Å². The van der Waals surface area contributed by atoms with Crippen molar-refractivity contribution in [2.75, 3.05) is 12.4 Å². The molecule has 164 valence electrons. The molecule has 32 heavy (non-hydrogen) atoms. The molecule has 0 spiro atoms. The van der Waals surface area contributed by atoms with Crippen LogP contribution in [0.5, 0.6) is 0 Å². The maximum atomic E-state index is 13.2. The lowest BCUT2D eigenvalue weighted by atomic mass is 10.00. The highest BCUT2D eigenvalue weighted by Gasteiger charge is 2.48. The molecule has 2 heterocycles. The number of hydrogen-bond acceptors (Lipinski definition) is 7. The van der Waals surface area contributed by atoms with Gasteiger partial charge in [0.15, 0.2) is 5.69 Å². The van der Waals surface area contributed by atoms with Crippen molar-refractivity contribution < 1.29 is 9.53 Å². The van der Waals surface area contributed by atoms with E-state index in [1.165, 1.54) is 11.7 Å². The van der Waals surface area contributed by atoms with Gasteiger partial charge in [-0.3, -0.25) is 9.36 Å². The summed E-state index contributed by atoms with van der Waals surface area (Å²) in [4.78, 5) is 34.2. The molecule has 0 radical (unpaired) electrons. The maximum Gasteiger partial charge on any atom is 0.358 e. The number of aryl methyl sites for hydroxylation is 1. The molecule has 8 nitrogen and oxygen atoms in total. The van der Waals surface area contributed by atoms with Crippen LogP contribution in [0.4, 0.5) is 5.69 Å². The van der Waals surface area contributed by atoms with Crippen LogP contribution < -0.4 is 10.9 Å². The van der Waals surface area contributed by atoms with Crippen molar-refractivity contribution in [2.24, 2.45) is 7.05 Å². The zero-order valence-electron chi connectivity index (χ0n) is 18.2. The standard InChI is InChI=1S/C23H22ClN5O3/c1-12-9-14(13(2)26-16-5-6-17(24)27-19(16)21(31)32-4)18-15(10-12)20(30)29(3)22(28-18)23(11-25)7-8-23/h5-6,9-10,13,26H,7-8H2,1-4H3/t13-/m1/s1. The summed E-state index contributed by atoms with van der Waals surface area (Å²) in [6, 6.07) is 8.97. The van der Waals surface area contributed by atoms with Crippen LogP contribution in [0, 0.1) is 18.3 Å². The van der Waals surface area contributed by atoms with Crippen molar-refractivity contribution in [3.63, 3.8) is 0 Å². The van der Waals surface area contributed by atoms with Gasteiger partial charge in [0.1, 0.15) is 16.4 Å². The van der Waals surface area contributed by atoms with Crippen LogP contribution in [0.1, 0.15) is 53.2 Å². The van der Waals surface area contributed by atoms with E-state index in [-0.39, 0.29) is 22.4 Å². The molecule has 9 heteroatoms. The number of carbonyl (C=O) groups is 1. The van der Waals surface area contributed by atoms with E-state index in [0.717, 1.165) is 11.1 Å². The first-order valence-corrected chi connectivity index (χ1v) is 10.5. The number of anilines is 1. The molecule has 1 N–H and O–H groups in total. The van der Waals surface area contributed by atoms with E-state index in [1.54, 1.807) is 25.2 Å². The third kappa shape index (κ3) is 3.59. The molecular weight excluding hydrogens is 430 g/mol. The Balaban J connectivity index is 1.86. The number of halogens is 1. The smallest absolute Gasteiger partial charge is 0.358 e. The van der Waals surface area contributed by atoms with E-state index < -0.39 is 11.4 Å². The van der Waals surface area contributed by atoms with Gasteiger partial charge in [0, 0.05) is 12.6 Å². The van der Waals surface area contributed by atoms with E-state index in [2.05, 4.69) is 16.4 Å². The highest BCUT2D eigenvalue weighted by atomic mass is 35.5. The molecule has 4 rings (SSSR count). The molecule has 3 aromatic rings. The Kier molecular flexibility index (Phi) is 5.39. The largest absolute Gasteiger partial charge is 0.464 e. The van der Waals surface area contributed by atoms with Gasteiger partial charge in [-0.2, -0.15) is 5.26 Å². The molecule has 1 fully saturated rings. The summed E-state index contributed by atoms with van der Waals surface area (Å²) in [5, 5.41) is 13.6. The predicted molar refractivity (Wildman–Crippen MR) is 121 cm³/mol. The van der Waals surface area contributed by atoms with Crippen molar-refractivity contribution in [3.8, 4) is 6.07 Å². The first-order valence-electron chi connectivity index (χ1n) is 10.1. The molecule has 1 aliphatic rings. The van der Waals surface area contributed by atoms with Crippen molar-refractivity contribution in [2.45, 2.75) is 38.1 Å². The lowest BCUT2D eigenvalue weighted by Gasteiger charge is -2.21. The summed E-state index contributed by atoms with van der Waals surface area (Å²) in [6.45, 7) is 3.81. The zero-order valence-corrected chi connectivity index (χ0v) is 18.9. The van der Waals surface area contributed by atoms with E-state index in [0.29, 0.717) is 35.3 Å². The number of carbonyl (C=O) groups excluding carboxylic acids is 1. The van der Waals surface area contributed by atoms with Crippen LogP contribution in [-0.4, -0.2) is 27.6 Å². The SMILES string of the molecule is COC(=O)c1nc(Cl)ccc1N[C@H](C)c1cc(C)cc2c(=O)n(C)c(C3(C#N)CC3)nc12. The van der Waals surface area contributed by atoms with Gasteiger partial charge in [-0.15, -0.1) is 0 Å². The molecule has 0 bridgehead atoms. The molecule has 0 aliphatic heterocycles. The Morgan fingerprint density at radius 3 is 2.69 bits per heavy atom. The van der Waals surface area contributed by atoms with Crippen LogP contribution in [-0.2, 0) is 17.2 Å². The molecular formula is C23H22ClN5O3. The van der Waals surface area contributed by atoms with Gasteiger partial charge in [0.25, 0.3) is 5.56 Å². The minimum absolute atomic E-state index is 0.0646. The number of fused-ring (bicyclic) bond motifs is 1. The molecule has 2 aromatic heterocycles.